The van der Waals surface area contributed by atoms with Crippen LogP contribution >= 0.6 is 34.8 Å². The Morgan fingerprint density at radius 2 is 1.50 bits per heavy atom. The highest BCUT2D eigenvalue weighted by atomic mass is 35.5. The molecular formula is C13H7Cl3F2. The highest BCUT2D eigenvalue weighted by molar-refractivity contribution is 6.36. The summed E-state index contributed by atoms with van der Waals surface area (Å²) in [6, 6.07) is 9.02. The van der Waals surface area contributed by atoms with Crippen molar-refractivity contribution in [1.82, 2.24) is 0 Å². The smallest absolute Gasteiger partial charge is 0.205 e. The topological polar surface area (TPSA) is 0 Å². The minimum atomic E-state index is -2.61. The summed E-state index contributed by atoms with van der Waals surface area (Å²) >= 11 is 17.7. The van der Waals surface area contributed by atoms with Crippen molar-refractivity contribution in [2.24, 2.45) is 0 Å². The molecule has 0 aliphatic heterocycles. The summed E-state index contributed by atoms with van der Waals surface area (Å²) in [4.78, 5) is 0. The van der Waals surface area contributed by atoms with E-state index in [4.69, 9.17) is 34.8 Å². The van der Waals surface area contributed by atoms with Crippen molar-refractivity contribution in [3.63, 3.8) is 0 Å². The van der Waals surface area contributed by atoms with Crippen LogP contribution in [0.15, 0.2) is 36.4 Å². The average molecular weight is 308 g/mol. The molecule has 18 heavy (non-hydrogen) atoms. The normalized spacial score (nSPS) is 11.0. The summed E-state index contributed by atoms with van der Waals surface area (Å²) in [5, 5.41) is 0.987. The third-order valence-electron chi connectivity index (χ3n) is 2.43. The fourth-order valence-electron chi connectivity index (χ4n) is 1.73. The van der Waals surface area contributed by atoms with E-state index in [0.717, 1.165) is 0 Å². The van der Waals surface area contributed by atoms with E-state index < -0.39 is 6.43 Å². The molecule has 0 saturated carbocycles. The van der Waals surface area contributed by atoms with Crippen LogP contribution in [-0.4, -0.2) is 0 Å². The summed E-state index contributed by atoms with van der Waals surface area (Å²) < 4.78 is 25.9. The molecule has 0 fully saturated rings. The Kier molecular flexibility index (Phi) is 4.10. The third kappa shape index (κ3) is 2.77. The first-order chi connectivity index (χ1) is 8.49. The number of hydrogen-bond donors (Lipinski definition) is 0. The minimum absolute atomic E-state index is 0.138. The average Bonchev–Trinajstić information content (AvgIpc) is 2.26. The maximum Gasteiger partial charge on any atom is 0.264 e. The fourth-order valence-corrected chi connectivity index (χ4v) is 2.54. The van der Waals surface area contributed by atoms with Crippen molar-refractivity contribution >= 4 is 34.8 Å². The lowest BCUT2D eigenvalue weighted by molar-refractivity contribution is 0.152. The van der Waals surface area contributed by atoms with Crippen LogP contribution in [0, 0.1) is 0 Å². The summed E-state index contributed by atoms with van der Waals surface area (Å²) in [5.74, 6) is 0. The first kappa shape index (κ1) is 13.6. The Hall–Kier alpha value is -0.830. The first-order valence-electron chi connectivity index (χ1n) is 5.02. The van der Waals surface area contributed by atoms with Gasteiger partial charge in [0.05, 0.1) is 0 Å². The minimum Gasteiger partial charge on any atom is -0.205 e. The van der Waals surface area contributed by atoms with Gasteiger partial charge in [-0.1, -0.05) is 46.9 Å². The number of hydrogen-bond acceptors (Lipinski definition) is 0. The van der Waals surface area contributed by atoms with Gasteiger partial charge in [0, 0.05) is 26.2 Å². The summed E-state index contributed by atoms with van der Waals surface area (Å²) in [6.45, 7) is 0. The summed E-state index contributed by atoms with van der Waals surface area (Å²) in [5.41, 5.74) is 0.604. The molecule has 0 nitrogen and oxygen atoms in total. The van der Waals surface area contributed by atoms with E-state index in [1.165, 1.54) is 18.2 Å². The molecule has 0 atom stereocenters. The molecular weight excluding hydrogens is 300 g/mol. The van der Waals surface area contributed by atoms with Crippen molar-refractivity contribution in [3.8, 4) is 11.1 Å². The van der Waals surface area contributed by atoms with Crippen molar-refractivity contribution < 1.29 is 8.78 Å². The molecule has 0 bridgehead atoms. The lowest BCUT2D eigenvalue weighted by Crippen LogP contribution is -1.91. The van der Waals surface area contributed by atoms with Crippen molar-refractivity contribution in [2.45, 2.75) is 6.43 Å². The van der Waals surface area contributed by atoms with E-state index >= 15 is 0 Å². The highest BCUT2D eigenvalue weighted by Gasteiger charge is 2.17. The van der Waals surface area contributed by atoms with E-state index in [9.17, 15) is 8.78 Å². The van der Waals surface area contributed by atoms with Crippen molar-refractivity contribution in [1.29, 1.82) is 0 Å². The van der Waals surface area contributed by atoms with Crippen LogP contribution in [0.1, 0.15) is 12.0 Å². The Bertz CT molecular complexity index is 562. The molecule has 0 amide bonds. The largest absolute Gasteiger partial charge is 0.264 e. The zero-order chi connectivity index (χ0) is 13.3. The van der Waals surface area contributed by atoms with Crippen LogP contribution in [0.25, 0.3) is 11.1 Å². The van der Waals surface area contributed by atoms with Gasteiger partial charge in [0.1, 0.15) is 0 Å². The van der Waals surface area contributed by atoms with Gasteiger partial charge in [0.2, 0.25) is 0 Å². The van der Waals surface area contributed by atoms with Gasteiger partial charge in [-0.25, -0.2) is 8.78 Å². The molecule has 0 aliphatic rings. The van der Waals surface area contributed by atoms with E-state index in [-0.39, 0.29) is 16.1 Å². The molecule has 0 N–H and O–H groups in total. The third-order valence-corrected chi connectivity index (χ3v) is 3.18. The molecule has 2 rings (SSSR count). The van der Waals surface area contributed by atoms with Gasteiger partial charge in [-0.2, -0.15) is 0 Å². The monoisotopic (exact) mass is 306 g/mol. The number of alkyl halides is 2. The van der Waals surface area contributed by atoms with Gasteiger partial charge < -0.3 is 0 Å². The summed E-state index contributed by atoms with van der Waals surface area (Å²) in [7, 11) is 0. The van der Waals surface area contributed by atoms with Gasteiger partial charge in [-0.05, 0) is 29.8 Å². The predicted molar refractivity (Wildman–Crippen MR) is 71.9 cm³/mol. The zero-order valence-corrected chi connectivity index (χ0v) is 11.2. The quantitative estimate of drug-likeness (QED) is 0.615. The SMILES string of the molecule is FC(F)c1cccc(Cl)c1-c1cc(Cl)cc(Cl)c1. The Balaban J connectivity index is 2.69. The molecule has 5 heteroatoms. The second-order valence-electron chi connectivity index (χ2n) is 3.66. The molecule has 2 aromatic carbocycles. The van der Waals surface area contributed by atoms with Gasteiger partial charge >= 0.3 is 0 Å². The van der Waals surface area contributed by atoms with E-state index in [1.54, 1.807) is 18.2 Å². The maximum atomic E-state index is 13.0. The van der Waals surface area contributed by atoms with Crippen molar-refractivity contribution in [2.75, 3.05) is 0 Å². The van der Waals surface area contributed by atoms with Gasteiger partial charge in [0.15, 0.2) is 0 Å². The molecule has 0 spiro atoms. The highest BCUT2D eigenvalue weighted by Crippen LogP contribution is 2.38. The lowest BCUT2D eigenvalue weighted by atomic mass is 10.00. The molecule has 2 aromatic rings. The Morgan fingerprint density at radius 1 is 0.889 bits per heavy atom. The Morgan fingerprint density at radius 3 is 2.06 bits per heavy atom. The van der Waals surface area contributed by atoms with E-state index in [0.29, 0.717) is 15.6 Å². The molecule has 0 unspecified atom stereocenters. The molecule has 0 radical (unpaired) electrons. The molecule has 94 valence electrons. The second-order valence-corrected chi connectivity index (χ2v) is 4.94. The summed E-state index contributed by atoms with van der Waals surface area (Å²) in [6.07, 6.45) is -2.61. The zero-order valence-electron chi connectivity index (χ0n) is 8.93. The molecule has 0 aromatic heterocycles. The lowest BCUT2D eigenvalue weighted by Gasteiger charge is -2.11. The standard InChI is InChI=1S/C13H7Cl3F2/c14-8-4-7(5-9(15)6-8)12-10(13(17)18)2-1-3-11(12)16/h1-6,13H. The Labute approximate surface area is 118 Å². The number of rotatable bonds is 2. The van der Waals surface area contributed by atoms with Crippen LogP contribution in [0.5, 0.6) is 0 Å². The van der Waals surface area contributed by atoms with E-state index in [2.05, 4.69) is 0 Å². The van der Waals surface area contributed by atoms with E-state index in [1.807, 2.05) is 0 Å². The maximum absolute atomic E-state index is 13.0. The van der Waals surface area contributed by atoms with Crippen LogP contribution in [0.3, 0.4) is 0 Å². The van der Waals surface area contributed by atoms with Crippen LogP contribution < -0.4 is 0 Å². The second kappa shape index (κ2) is 5.43. The van der Waals surface area contributed by atoms with Gasteiger partial charge in [-0.3, -0.25) is 0 Å². The van der Waals surface area contributed by atoms with Crippen LogP contribution in [-0.2, 0) is 0 Å². The number of benzene rings is 2. The molecule has 0 saturated heterocycles. The number of halogens is 5. The van der Waals surface area contributed by atoms with Crippen molar-refractivity contribution in [3.05, 3.63) is 57.0 Å². The molecule has 0 heterocycles. The van der Waals surface area contributed by atoms with Gasteiger partial charge in [0.25, 0.3) is 6.43 Å². The van der Waals surface area contributed by atoms with Gasteiger partial charge in [-0.15, -0.1) is 0 Å². The van der Waals surface area contributed by atoms with Crippen LogP contribution in [0.2, 0.25) is 15.1 Å². The fraction of sp³-hybridized carbons (Fsp3) is 0.0769. The molecule has 0 aliphatic carbocycles. The van der Waals surface area contributed by atoms with Crippen LogP contribution in [0.4, 0.5) is 8.78 Å². The first-order valence-corrected chi connectivity index (χ1v) is 6.15. The predicted octanol–water partition coefficient (Wildman–Crippen LogP) is 6.25.